The van der Waals surface area contributed by atoms with Crippen molar-refractivity contribution in [2.45, 2.75) is 63.1 Å². The molecule has 1 N–H and O–H groups in total. The average molecular weight is 266 g/mol. The number of nitrogens with one attached hydrogen (secondary N) is 1. The predicted molar refractivity (Wildman–Crippen MR) is 69.5 cm³/mol. The Labute approximate surface area is 113 Å². The number of rotatable bonds is 1. The third-order valence-corrected chi connectivity index (χ3v) is 4.76. The Morgan fingerprint density at radius 2 is 1.95 bits per heavy atom. The fourth-order valence-corrected chi connectivity index (χ4v) is 3.73. The molecule has 1 atom stereocenters. The summed E-state index contributed by atoms with van der Waals surface area (Å²) >= 11 is 0. The van der Waals surface area contributed by atoms with Crippen LogP contribution in [0.1, 0.15) is 46.0 Å². The van der Waals surface area contributed by atoms with Crippen molar-refractivity contribution in [1.29, 1.82) is 0 Å². The zero-order valence-corrected chi connectivity index (χ0v) is 11.7. The molecule has 5 heteroatoms. The fraction of sp³-hybridized carbons (Fsp3) is 0.857. The molecule has 2 aliphatic heterocycles. The van der Waals surface area contributed by atoms with Crippen molar-refractivity contribution in [3.8, 4) is 0 Å². The molecule has 106 valence electrons. The van der Waals surface area contributed by atoms with Gasteiger partial charge >= 0.3 is 0 Å². The predicted octanol–water partition coefficient (Wildman–Crippen LogP) is 0.825. The standard InChI is InChI=1S/C14H22N2O3/c1-13(2)12(18)16(10-5-8-19-9-10)14(11(17)15-13)6-3-4-7-14/h10H,3-9H2,1-2H3,(H,15,17). The van der Waals surface area contributed by atoms with Crippen LogP contribution < -0.4 is 5.32 Å². The lowest BCUT2D eigenvalue weighted by Gasteiger charge is -2.51. The quantitative estimate of drug-likeness (QED) is 0.764. The Bertz CT molecular complexity index is 407. The van der Waals surface area contributed by atoms with Crippen LogP contribution in [0.15, 0.2) is 0 Å². The van der Waals surface area contributed by atoms with Crippen LogP contribution in [0.2, 0.25) is 0 Å². The Morgan fingerprint density at radius 3 is 2.53 bits per heavy atom. The summed E-state index contributed by atoms with van der Waals surface area (Å²) in [5.41, 5.74) is -1.40. The van der Waals surface area contributed by atoms with E-state index < -0.39 is 11.1 Å². The van der Waals surface area contributed by atoms with Gasteiger partial charge in [0.1, 0.15) is 11.1 Å². The third kappa shape index (κ3) is 1.78. The van der Waals surface area contributed by atoms with Gasteiger partial charge in [0.05, 0.1) is 12.6 Å². The number of carbonyl (C=O) groups is 2. The Hall–Kier alpha value is -1.10. The second kappa shape index (κ2) is 4.20. The van der Waals surface area contributed by atoms with Gasteiger partial charge in [0, 0.05) is 6.61 Å². The summed E-state index contributed by atoms with van der Waals surface area (Å²) < 4.78 is 5.44. The van der Waals surface area contributed by atoms with Crippen LogP contribution in [0.3, 0.4) is 0 Å². The number of hydrogen-bond acceptors (Lipinski definition) is 3. The van der Waals surface area contributed by atoms with Crippen LogP contribution >= 0.6 is 0 Å². The Morgan fingerprint density at radius 1 is 1.26 bits per heavy atom. The molecule has 5 nitrogen and oxygen atoms in total. The molecule has 0 aromatic rings. The smallest absolute Gasteiger partial charge is 0.248 e. The maximum Gasteiger partial charge on any atom is 0.248 e. The van der Waals surface area contributed by atoms with Crippen LogP contribution in [-0.4, -0.2) is 47.0 Å². The van der Waals surface area contributed by atoms with Crippen molar-refractivity contribution in [2.75, 3.05) is 13.2 Å². The lowest BCUT2D eigenvalue weighted by atomic mass is 9.84. The molecule has 2 heterocycles. The van der Waals surface area contributed by atoms with Crippen molar-refractivity contribution >= 4 is 11.8 Å². The van der Waals surface area contributed by atoms with E-state index in [9.17, 15) is 9.59 Å². The van der Waals surface area contributed by atoms with Gasteiger partial charge in [-0.2, -0.15) is 0 Å². The van der Waals surface area contributed by atoms with Crippen molar-refractivity contribution in [2.24, 2.45) is 0 Å². The van der Waals surface area contributed by atoms with E-state index >= 15 is 0 Å². The number of nitrogens with zero attached hydrogens (tertiary/aromatic N) is 1. The van der Waals surface area contributed by atoms with E-state index in [0.717, 1.165) is 32.1 Å². The summed E-state index contributed by atoms with van der Waals surface area (Å²) in [6, 6.07) is 0.0657. The van der Waals surface area contributed by atoms with E-state index in [2.05, 4.69) is 5.32 Å². The molecule has 0 aromatic heterocycles. The summed E-state index contributed by atoms with van der Waals surface area (Å²) in [6.07, 6.45) is 4.46. The van der Waals surface area contributed by atoms with Crippen molar-refractivity contribution in [3.63, 3.8) is 0 Å². The van der Waals surface area contributed by atoms with Gasteiger partial charge in [0.2, 0.25) is 11.8 Å². The maximum atomic E-state index is 12.8. The molecule has 1 spiro atoms. The van der Waals surface area contributed by atoms with Gasteiger partial charge < -0.3 is 15.0 Å². The van der Waals surface area contributed by atoms with E-state index in [1.165, 1.54) is 0 Å². The van der Waals surface area contributed by atoms with Crippen molar-refractivity contribution in [3.05, 3.63) is 0 Å². The normalized spacial score (nSPS) is 32.9. The van der Waals surface area contributed by atoms with E-state index in [1.807, 2.05) is 4.90 Å². The average Bonchev–Trinajstić information content (AvgIpc) is 2.98. The molecule has 1 aliphatic carbocycles. The summed E-state index contributed by atoms with van der Waals surface area (Å²) in [7, 11) is 0. The van der Waals surface area contributed by atoms with Crippen LogP contribution in [0.5, 0.6) is 0 Å². The molecular formula is C14H22N2O3. The first-order valence-corrected chi connectivity index (χ1v) is 7.21. The molecule has 3 rings (SSSR count). The summed E-state index contributed by atoms with van der Waals surface area (Å²) in [6.45, 7) is 4.83. The molecular weight excluding hydrogens is 244 g/mol. The largest absolute Gasteiger partial charge is 0.379 e. The lowest BCUT2D eigenvalue weighted by molar-refractivity contribution is -0.165. The van der Waals surface area contributed by atoms with Crippen LogP contribution in [-0.2, 0) is 14.3 Å². The Balaban J connectivity index is 2.01. The highest BCUT2D eigenvalue weighted by Gasteiger charge is 2.58. The fourth-order valence-electron chi connectivity index (χ4n) is 3.73. The van der Waals surface area contributed by atoms with Gasteiger partial charge in [0.15, 0.2) is 0 Å². The number of amides is 2. The van der Waals surface area contributed by atoms with Crippen LogP contribution in [0.25, 0.3) is 0 Å². The highest BCUT2D eigenvalue weighted by Crippen LogP contribution is 2.42. The molecule has 3 aliphatic rings. The second-order valence-electron chi connectivity index (χ2n) is 6.51. The SMILES string of the molecule is CC1(C)NC(=O)C2(CCCC2)N(C2CCOC2)C1=O. The van der Waals surface area contributed by atoms with Gasteiger partial charge in [-0.1, -0.05) is 12.8 Å². The monoisotopic (exact) mass is 266 g/mol. The first-order chi connectivity index (χ1) is 8.97. The number of ether oxygens (including phenoxy) is 1. The zero-order valence-electron chi connectivity index (χ0n) is 11.7. The summed E-state index contributed by atoms with van der Waals surface area (Å²) in [4.78, 5) is 27.3. The van der Waals surface area contributed by atoms with Gasteiger partial charge in [-0.15, -0.1) is 0 Å². The molecule has 0 bridgehead atoms. The van der Waals surface area contributed by atoms with E-state index in [0.29, 0.717) is 13.2 Å². The Kier molecular flexibility index (Phi) is 2.85. The first kappa shape index (κ1) is 12.9. The molecule has 19 heavy (non-hydrogen) atoms. The number of hydrogen-bond donors (Lipinski definition) is 1. The van der Waals surface area contributed by atoms with Crippen LogP contribution in [0.4, 0.5) is 0 Å². The minimum Gasteiger partial charge on any atom is -0.379 e. The van der Waals surface area contributed by atoms with Crippen molar-refractivity contribution in [1.82, 2.24) is 10.2 Å². The second-order valence-corrected chi connectivity index (χ2v) is 6.51. The zero-order chi connectivity index (χ0) is 13.7. The molecule has 3 fully saturated rings. The molecule has 2 saturated heterocycles. The lowest BCUT2D eigenvalue weighted by Crippen LogP contribution is -2.75. The molecule has 1 saturated carbocycles. The minimum atomic E-state index is -0.798. The first-order valence-electron chi connectivity index (χ1n) is 7.21. The van der Waals surface area contributed by atoms with Gasteiger partial charge in [-0.25, -0.2) is 0 Å². The topological polar surface area (TPSA) is 58.6 Å². The molecule has 2 amide bonds. The van der Waals surface area contributed by atoms with Gasteiger partial charge in [-0.3, -0.25) is 9.59 Å². The highest BCUT2D eigenvalue weighted by atomic mass is 16.5. The van der Waals surface area contributed by atoms with Crippen molar-refractivity contribution < 1.29 is 14.3 Å². The van der Waals surface area contributed by atoms with E-state index in [1.54, 1.807) is 13.8 Å². The summed E-state index contributed by atoms with van der Waals surface area (Å²) in [5, 5.41) is 2.92. The highest BCUT2D eigenvalue weighted by molar-refractivity contribution is 6.02. The van der Waals surface area contributed by atoms with E-state index in [-0.39, 0.29) is 17.9 Å². The van der Waals surface area contributed by atoms with Gasteiger partial charge in [-0.05, 0) is 33.1 Å². The molecule has 0 aromatic carbocycles. The molecule has 1 unspecified atom stereocenters. The maximum absolute atomic E-state index is 12.8. The van der Waals surface area contributed by atoms with Crippen LogP contribution in [0, 0.1) is 0 Å². The third-order valence-electron chi connectivity index (χ3n) is 4.76. The molecule has 0 radical (unpaired) electrons. The van der Waals surface area contributed by atoms with Gasteiger partial charge in [0.25, 0.3) is 0 Å². The number of carbonyl (C=O) groups excluding carboxylic acids is 2. The minimum absolute atomic E-state index is 0.0292. The summed E-state index contributed by atoms with van der Waals surface area (Å²) in [5.74, 6) is 0.0750. The van der Waals surface area contributed by atoms with E-state index in [4.69, 9.17) is 4.74 Å². The number of piperazine rings is 1.